The van der Waals surface area contributed by atoms with Gasteiger partial charge in [0.25, 0.3) is 5.91 Å². The van der Waals surface area contributed by atoms with Crippen LogP contribution >= 0.6 is 0 Å². The Morgan fingerprint density at radius 2 is 1.81 bits per heavy atom. The van der Waals surface area contributed by atoms with Crippen molar-refractivity contribution in [2.45, 2.75) is 77.4 Å². The van der Waals surface area contributed by atoms with Crippen molar-refractivity contribution in [3.05, 3.63) is 58.7 Å². The highest BCUT2D eigenvalue weighted by Crippen LogP contribution is 2.43. The molecule has 3 aliphatic rings. The summed E-state index contributed by atoms with van der Waals surface area (Å²) in [4.78, 5) is 15.6. The van der Waals surface area contributed by atoms with E-state index in [4.69, 9.17) is 4.74 Å². The van der Waals surface area contributed by atoms with E-state index in [0.717, 1.165) is 43.8 Å². The van der Waals surface area contributed by atoms with Crippen molar-refractivity contribution in [3.8, 4) is 5.75 Å². The standard InChI is InChI=1S/C31H42N2O3S/c1-5-6-24-15-20(2)7-13-28(24)27-18-33-17-26-11-10-23(26)9-8-21(3)22(4)37(35)32-31(34)25-12-14-30(36-19-27)29(33)16-25/h7,12-16,21-23,26-27H,5-6,8-11,17-19H2,1-4H3,(H,32,34). The second-order valence-corrected chi connectivity index (χ2v) is 13.2. The van der Waals surface area contributed by atoms with Crippen molar-refractivity contribution in [2.75, 3.05) is 24.6 Å². The molecule has 2 bridgehead atoms. The maximum atomic E-state index is 13.1. The molecular formula is C31H42N2O3S. The van der Waals surface area contributed by atoms with Crippen LogP contribution in [0.5, 0.6) is 5.75 Å². The summed E-state index contributed by atoms with van der Waals surface area (Å²) in [5.41, 5.74) is 5.66. The van der Waals surface area contributed by atoms with Crippen LogP contribution in [0, 0.1) is 24.7 Å². The zero-order valence-electron chi connectivity index (χ0n) is 22.8. The minimum Gasteiger partial charge on any atom is -0.491 e. The summed E-state index contributed by atoms with van der Waals surface area (Å²) in [5.74, 6) is 2.49. The number of aryl methyl sites for hydroxylation is 2. The van der Waals surface area contributed by atoms with Gasteiger partial charge >= 0.3 is 0 Å². The molecule has 6 heteroatoms. The summed E-state index contributed by atoms with van der Waals surface area (Å²) >= 11 is 0. The molecule has 6 atom stereocenters. The van der Waals surface area contributed by atoms with E-state index < -0.39 is 11.0 Å². The van der Waals surface area contributed by atoms with Crippen LogP contribution in [-0.4, -0.2) is 35.1 Å². The molecule has 1 N–H and O–H groups in total. The first-order valence-corrected chi connectivity index (χ1v) is 15.4. The zero-order valence-corrected chi connectivity index (χ0v) is 23.6. The molecule has 6 unspecified atom stereocenters. The average molecular weight is 523 g/mol. The molecule has 0 radical (unpaired) electrons. The van der Waals surface area contributed by atoms with Crippen LogP contribution in [0.25, 0.3) is 0 Å². The first-order valence-electron chi connectivity index (χ1n) is 14.2. The van der Waals surface area contributed by atoms with Crippen LogP contribution in [0.1, 0.15) is 85.8 Å². The number of benzene rings is 2. The fourth-order valence-electron chi connectivity index (χ4n) is 6.32. The van der Waals surface area contributed by atoms with Gasteiger partial charge in [-0.2, -0.15) is 0 Å². The maximum absolute atomic E-state index is 13.1. The highest BCUT2D eigenvalue weighted by Gasteiger charge is 2.36. The van der Waals surface area contributed by atoms with Crippen LogP contribution in [0.4, 0.5) is 5.69 Å². The summed E-state index contributed by atoms with van der Waals surface area (Å²) in [7, 11) is -1.41. The van der Waals surface area contributed by atoms with Gasteiger partial charge < -0.3 is 9.64 Å². The Hall–Kier alpha value is -2.34. The second-order valence-electron chi connectivity index (χ2n) is 11.6. The smallest absolute Gasteiger partial charge is 0.263 e. The number of nitrogens with zero attached hydrogens (tertiary/aromatic N) is 1. The predicted octanol–water partition coefficient (Wildman–Crippen LogP) is 6.17. The number of anilines is 1. The molecule has 1 saturated carbocycles. The Kier molecular flexibility index (Phi) is 7.94. The third kappa shape index (κ3) is 5.59. The second kappa shape index (κ2) is 11.2. The van der Waals surface area contributed by atoms with Gasteiger partial charge in [-0.15, -0.1) is 0 Å². The van der Waals surface area contributed by atoms with Crippen molar-refractivity contribution >= 4 is 22.6 Å². The van der Waals surface area contributed by atoms with Crippen molar-refractivity contribution in [3.63, 3.8) is 0 Å². The Labute approximate surface area is 224 Å². The number of rotatable bonds is 3. The fourth-order valence-corrected chi connectivity index (χ4v) is 7.37. The van der Waals surface area contributed by atoms with Gasteiger partial charge in [0.05, 0.1) is 17.5 Å². The summed E-state index contributed by atoms with van der Waals surface area (Å²) in [5, 5.41) is -0.0707. The number of fused-ring (bicyclic) bond motifs is 2. The van der Waals surface area contributed by atoms with Gasteiger partial charge in [-0.05, 0) is 93.0 Å². The van der Waals surface area contributed by atoms with Crippen LogP contribution < -0.4 is 14.4 Å². The Bertz CT molecular complexity index is 1170. The van der Waals surface area contributed by atoms with Crippen molar-refractivity contribution in [1.29, 1.82) is 0 Å². The number of ether oxygens (including phenoxy) is 1. The zero-order chi connectivity index (χ0) is 26.1. The fraction of sp³-hybridized carbons (Fsp3) is 0.581. The van der Waals surface area contributed by atoms with E-state index in [0.29, 0.717) is 29.9 Å². The topological polar surface area (TPSA) is 58.6 Å². The number of nitrogens with one attached hydrogen (secondary N) is 1. The molecule has 37 heavy (non-hydrogen) atoms. The number of hydrogen-bond acceptors (Lipinski definition) is 4. The molecule has 5 nitrogen and oxygen atoms in total. The average Bonchev–Trinajstić information content (AvgIpc) is 3.05. The molecule has 1 aliphatic carbocycles. The van der Waals surface area contributed by atoms with Crippen LogP contribution in [0.3, 0.4) is 0 Å². The lowest BCUT2D eigenvalue weighted by atomic mass is 9.70. The summed E-state index contributed by atoms with van der Waals surface area (Å²) < 4.78 is 22.2. The van der Waals surface area contributed by atoms with Gasteiger partial charge in [-0.25, -0.2) is 4.21 Å². The van der Waals surface area contributed by atoms with E-state index in [1.54, 1.807) is 0 Å². The molecule has 0 saturated heterocycles. The first kappa shape index (κ1) is 26.3. The highest BCUT2D eigenvalue weighted by atomic mass is 32.2. The van der Waals surface area contributed by atoms with Gasteiger partial charge in [0, 0.05) is 24.6 Å². The minimum atomic E-state index is -1.41. The Morgan fingerprint density at radius 1 is 1.03 bits per heavy atom. The molecule has 1 amide bonds. The lowest BCUT2D eigenvalue weighted by Gasteiger charge is -2.42. The molecule has 5 rings (SSSR count). The van der Waals surface area contributed by atoms with Gasteiger partial charge in [-0.1, -0.05) is 44.0 Å². The molecule has 2 heterocycles. The summed E-state index contributed by atoms with van der Waals surface area (Å²) in [6, 6.07) is 12.6. The number of carbonyl (C=O) groups is 1. The van der Waals surface area contributed by atoms with Crippen LogP contribution in [-0.2, 0) is 17.4 Å². The highest BCUT2D eigenvalue weighted by molar-refractivity contribution is 7.84. The monoisotopic (exact) mass is 522 g/mol. The quantitative estimate of drug-likeness (QED) is 0.524. The Balaban J connectivity index is 1.51. The van der Waals surface area contributed by atoms with Crippen LogP contribution in [0.2, 0.25) is 0 Å². The molecule has 1 fully saturated rings. The van der Waals surface area contributed by atoms with E-state index in [1.807, 2.05) is 25.1 Å². The Morgan fingerprint density at radius 3 is 2.57 bits per heavy atom. The maximum Gasteiger partial charge on any atom is 0.263 e. The van der Waals surface area contributed by atoms with Crippen molar-refractivity contribution in [1.82, 2.24) is 4.72 Å². The third-order valence-corrected chi connectivity index (χ3v) is 10.6. The molecular weight excluding hydrogens is 480 g/mol. The number of carbonyl (C=O) groups excluding carboxylic acids is 1. The molecule has 0 spiro atoms. The molecule has 2 aromatic rings. The number of amides is 1. The molecule has 2 aliphatic heterocycles. The van der Waals surface area contributed by atoms with E-state index >= 15 is 0 Å². The third-order valence-electron chi connectivity index (χ3n) is 9.06. The first-order chi connectivity index (χ1) is 17.8. The molecule has 200 valence electrons. The molecule has 0 aromatic heterocycles. The van der Waals surface area contributed by atoms with Crippen molar-refractivity contribution in [2.24, 2.45) is 17.8 Å². The van der Waals surface area contributed by atoms with Crippen LogP contribution in [0.15, 0.2) is 36.4 Å². The van der Waals surface area contributed by atoms with Gasteiger partial charge in [0.15, 0.2) is 0 Å². The summed E-state index contributed by atoms with van der Waals surface area (Å²) in [6.07, 6.45) is 6.95. The van der Waals surface area contributed by atoms with Gasteiger partial charge in [0.2, 0.25) is 0 Å². The largest absolute Gasteiger partial charge is 0.491 e. The SMILES string of the molecule is CCCc1cc(C)ccc1C1COc2ccc3cc2N(C1)CC1CCC1CCC(C)C(C)S(=O)NC3=O. The lowest BCUT2D eigenvalue weighted by molar-refractivity contribution is 0.0982. The van der Waals surface area contributed by atoms with Gasteiger partial charge in [0.1, 0.15) is 16.7 Å². The van der Waals surface area contributed by atoms with E-state index in [2.05, 4.69) is 48.6 Å². The van der Waals surface area contributed by atoms with E-state index in [1.165, 1.54) is 36.0 Å². The number of hydrogen-bond donors (Lipinski definition) is 1. The lowest BCUT2D eigenvalue weighted by Crippen LogP contribution is -2.41. The summed E-state index contributed by atoms with van der Waals surface area (Å²) in [6.45, 7) is 11.1. The predicted molar refractivity (Wildman–Crippen MR) is 152 cm³/mol. The van der Waals surface area contributed by atoms with E-state index in [9.17, 15) is 9.00 Å². The van der Waals surface area contributed by atoms with E-state index in [-0.39, 0.29) is 17.1 Å². The molecule has 2 aromatic carbocycles. The van der Waals surface area contributed by atoms with Gasteiger partial charge in [-0.3, -0.25) is 9.52 Å². The normalized spacial score (nSPS) is 30.2. The minimum absolute atomic E-state index is 0.0707. The van der Waals surface area contributed by atoms with Crippen molar-refractivity contribution < 1.29 is 13.7 Å².